The first-order valence-electron chi connectivity index (χ1n) is 6.06. The number of hydrogen-bond acceptors (Lipinski definition) is 4. The topological polar surface area (TPSA) is 81.1 Å². The fourth-order valence-electron chi connectivity index (χ4n) is 1.65. The minimum Gasteiger partial charge on any atom is -0.284 e. The van der Waals surface area contributed by atoms with E-state index in [1.165, 1.54) is 10.7 Å². The van der Waals surface area contributed by atoms with Crippen LogP contribution in [0.4, 0.5) is 5.69 Å². The predicted molar refractivity (Wildman–Crippen MR) is 78.0 cm³/mol. The Bertz CT molecular complexity index is 781. The van der Waals surface area contributed by atoms with Crippen LogP contribution in [0.3, 0.4) is 0 Å². The lowest BCUT2D eigenvalue weighted by atomic mass is 10.1. The lowest BCUT2D eigenvalue weighted by Gasteiger charge is -2.08. The van der Waals surface area contributed by atoms with Crippen LogP contribution in [0.5, 0.6) is 0 Å². The summed E-state index contributed by atoms with van der Waals surface area (Å²) in [6, 6.07) is 9.91. The fourth-order valence-corrected chi connectivity index (χ4v) is 2.28. The molecule has 0 aliphatic rings. The number of nitrogens with one attached hydrogen (secondary N) is 1. The molecule has 2 aromatic rings. The summed E-state index contributed by atoms with van der Waals surface area (Å²) in [5.74, 6) is 0.00924. The maximum absolute atomic E-state index is 11.5. The van der Waals surface area contributed by atoms with Gasteiger partial charge in [0.2, 0.25) is 10.0 Å². The third kappa shape index (κ3) is 3.24. The van der Waals surface area contributed by atoms with Crippen LogP contribution in [0, 0.1) is 0 Å². The van der Waals surface area contributed by atoms with Crippen molar-refractivity contribution in [2.45, 2.75) is 6.92 Å². The standard InChI is InChI=1S/C13H15N3O3S/c1-3-20(18,19)15-11-6-4-5-10(9-11)12-7-8-13(17)16(2)14-12/h4-9,15H,3H2,1-2H3. The van der Waals surface area contributed by atoms with Gasteiger partial charge in [0.1, 0.15) is 0 Å². The Morgan fingerprint density at radius 1 is 1.25 bits per heavy atom. The monoisotopic (exact) mass is 293 g/mol. The summed E-state index contributed by atoms with van der Waals surface area (Å²) in [5.41, 5.74) is 1.61. The zero-order chi connectivity index (χ0) is 14.8. The van der Waals surface area contributed by atoms with Crippen LogP contribution in [-0.2, 0) is 17.1 Å². The lowest BCUT2D eigenvalue weighted by Crippen LogP contribution is -2.18. The molecule has 6 nitrogen and oxygen atoms in total. The van der Waals surface area contributed by atoms with E-state index >= 15 is 0 Å². The molecule has 0 aliphatic heterocycles. The summed E-state index contributed by atoms with van der Waals surface area (Å²) in [5, 5.41) is 4.13. The summed E-state index contributed by atoms with van der Waals surface area (Å²) in [6.07, 6.45) is 0. The van der Waals surface area contributed by atoms with Crippen molar-refractivity contribution in [2.24, 2.45) is 7.05 Å². The lowest BCUT2D eigenvalue weighted by molar-refractivity contribution is 0.602. The Labute approximate surface area is 117 Å². The molecular formula is C13H15N3O3S. The Kier molecular flexibility index (Phi) is 3.89. The second kappa shape index (κ2) is 5.46. The van der Waals surface area contributed by atoms with Crippen LogP contribution in [0.1, 0.15) is 6.92 Å². The molecule has 20 heavy (non-hydrogen) atoms. The molecule has 0 spiro atoms. The first-order valence-corrected chi connectivity index (χ1v) is 7.72. The van der Waals surface area contributed by atoms with Gasteiger partial charge in [-0.15, -0.1) is 0 Å². The minimum atomic E-state index is -3.31. The van der Waals surface area contributed by atoms with E-state index in [1.807, 2.05) is 0 Å². The van der Waals surface area contributed by atoms with Crippen molar-refractivity contribution in [1.29, 1.82) is 0 Å². The molecule has 0 unspecified atom stereocenters. The normalized spacial score (nSPS) is 11.3. The summed E-state index contributed by atoms with van der Waals surface area (Å²) < 4.78 is 26.8. The van der Waals surface area contributed by atoms with Crippen molar-refractivity contribution in [3.63, 3.8) is 0 Å². The maximum atomic E-state index is 11.5. The smallest absolute Gasteiger partial charge is 0.266 e. The summed E-state index contributed by atoms with van der Waals surface area (Å²) in [7, 11) is -1.75. The first kappa shape index (κ1) is 14.3. The molecule has 0 bridgehead atoms. The average molecular weight is 293 g/mol. The van der Waals surface area contributed by atoms with Crippen LogP contribution in [-0.4, -0.2) is 24.0 Å². The van der Waals surface area contributed by atoms with Crippen LogP contribution < -0.4 is 10.3 Å². The molecular weight excluding hydrogens is 278 g/mol. The average Bonchev–Trinajstić information content (AvgIpc) is 2.42. The number of hydrogen-bond donors (Lipinski definition) is 1. The molecule has 0 atom stereocenters. The van der Waals surface area contributed by atoms with Gasteiger partial charge in [0.25, 0.3) is 5.56 Å². The van der Waals surface area contributed by atoms with Crippen LogP contribution in [0.2, 0.25) is 0 Å². The highest BCUT2D eigenvalue weighted by Crippen LogP contribution is 2.20. The third-order valence-electron chi connectivity index (χ3n) is 2.77. The van der Waals surface area contributed by atoms with Gasteiger partial charge in [-0.2, -0.15) is 5.10 Å². The van der Waals surface area contributed by atoms with E-state index < -0.39 is 10.0 Å². The van der Waals surface area contributed by atoms with E-state index in [-0.39, 0.29) is 11.3 Å². The summed E-state index contributed by atoms with van der Waals surface area (Å²) in [4.78, 5) is 11.3. The van der Waals surface area contributed by atoms with Gasteiger partial charge >= 0.3 is 0 Å². The molecule has 0 aliphatic carbocycles. The quantitative estimate of drug-likeness (QED) is 0.918. The van der Waals surface area contributed by atoms with Crippen molar-refractivity contribution in [3.05, 3.63) is 46.8 Å². The molecule has 0 saturated carbocycles. The molecule has 0 radical (unpaired) electrons. The minimum absolute atomic E-state index is 0.00924. The Balaban J connectivity index is 2.39. The van der Waals surface area contributed by atoms with Gasteiger partial charge in [-0.3, -0.25) is 9.52 Å². The number of aromatic nitrogens is 2. The van der Waals surface area contributed by atoms with Crippen LogP contribution in [0.15, 0.2) is 41.2 Å². The molecule has 1 aromatic carbocycles. The number of benzene rings is 1. The second-order valence-corrected chi connectivity index (χ2v) is 6.28. The van der Waals surface area contributed by atoms with E-state index in [4.69, 9.17) is 0 Å². The van der Waals surface area contributed by atoms with Crippen molar-refractivity contribution in [3.8, 4) is 11.3 Å². The maximum Gasteiger partial charge on any atom is 0.266 e. The largest absolute Gasteiger partial charge is 0.284 e. The van der Waals surface area contributed by atoms with E-state index in [2.05, 4.69) is 9.82 Å². The van der Waals surface area contributed by atoms with E-state index in [9.17, 15) is 13.2 Å². The van der Waals surface area contributed by atoms with Gasteiger partial charge in [-0.25, -0.2) is 13.1 Å². The predicted octanol–water partition coefficient (Wildman–Crippen LogP) is 1.21. The molecule has 0 fully saturated rings. The van der Waals surface area contributed by atoms with Crippen molar-refractivity contribution in [1.82, 2.24) is 9.78 Å². The molecule has 1 aromatic heterocycles. The molecule has 1 heterocycles. The molecule has 7 heteroatoms. The highest BCUT2D eigenvalue weighted by atomic mass is 32.2. The molecule has 0 saturated heterocycles. The number of sulfonamides is 1. The number of anilines is 1. The number of nitrogens with zero attached hydrogens (tertiary/aromatic N) is 2. The van der Waals surface area contributed by atoms with Gasteiger partial charge in [0, 0.05) is 24.4 Å². The van der Waals surface area contributed by atoms with Crippen molar-refractivity contribution >= 4 is 15.7 Å². The van der Waals surface area contributed by atoms with Crippen LogP contribution in [0.25, 0.3) is 11.3 Å². The molecule has 106 valence electrons. The first-order chi connectivity index (χ1) is 9.41. The summed E-state index contributed by atoms with van der Waals surface area (Å²) >= 11 is 0. The van der Waals surface area contributed by atoms with Gasteiger partial charge in [0.15, 0.2) is 0 Å². The second-order valence-electron chi connectivity index (χ2n) is 4.27. The Hall–Kier alpha value is -2.15. The van der Waals surface area contributed by atoms with Gasteiger partial charge in [-0.1, -0.05) is 12.1 Å². The SMILES string of the molecule is CCS(=O)(=O)Nc1cccc(-c2ccc(=O)n(C)n2)c1. The zero-order valence-electron chi connectivity index (χ0n) is 11.2. The van der Waals surface area contributed by atoms with E-state index in [1.54, 1.807) is 44.3 Å². The molecule has 1 N–H and O–H groups in total. The highest BCUT2D eigenvalue weighted by molar-refractivity contribution is 7.92. The zero-order valence-corrected chi connectivity index (χ0v) is 12.0. The highest BCUT2D eigenvalue weighted by Gasteiger charge is 2.08. The molecule has 2 rings (SSSR count). The Morgan fingerprint density at radius 2 is 2.00 bits per heavy atom. The fraction of sp³-hybridized carbons (Fsp3) is 0.231. The van der Waals surface area contributed by atoms with Crippen molar-refractivity contribution < 1.29 is 8.42 Å². The third-order valence-corrected chi connectivity index (χ3v) is 4.08. The van der Waals surface area contributed by atoms with Crippen LogP contribution >= 0.6 is 0 Å². The number of aryl methyl sites for hydroxylation is 1. The van der Waals surface area contributed by atoms with E-state index in [0.29, 0.717) is 11.4 Å². The summed E-state index contributed by atoms with van der Waals surface area (Å²) in [6.45, 7) is 1.57. The van der Waals surface area contributed by atoms with E-state index in [0.717, 1.165) is 5.56 Å². The molecule has 0 amide bonds. The van der Waals surface area contributed by atoms with Gasteiger partial charge in [0.05, 0.1) is 11.4 Å². The van der Waals surface area contributed by atoms with Gasteiger partial charge < -0.3 is 0 Å². The Morgan fingerprint density at radius 3 is 2.65 bits per heavy atom. The van der Waals surface area contributed by atoms with Gasteiger partial charge in [-0.05, 0) is 25.1 Å². The van der Waals surface area contributed by atoms with Crippen molar-refractivity contribution in [2.75, 3.05) is 10.5 Å². The number of rotatable bonds is 4.